The van der Waals surface area contributed by atoms with Crippen LogP contribution in [0.2, 0.25) is 0 Å². The van der Waals surface area contributed by atoms with Gasteiger partial charge in [0.05, 0.1) is 19.3 Å². The van der Waals surface area contributed by atoms with Gasteiger partial charge in [-0.1, -0.05) is 0 Å². The van der Waals surface area contributed by atoms with Gasteiger partial charge in [0.2, 0.25) is 5.91 Å². The molecule has 0 aromatic rings. The fourth-order valence-corrected chi connectivity index (χ4v) is 2.33. The van der Waals surface area contributed by atoms with Crippen LogP contribution in [0.15, 0.2) is 0 Å². The predicted molar refractivity (Wildman–Crippen MR) is 54.2 cm³/mol. The van der Waals surface area contributed by atoms with Gasteiger partial charge in [-0.05, 0) is 19.3 Å². The number of aliphatic hydroxyl groups is 1. The van der Waals surface area contributed by atoms with Crippen molar-refractivity contribution < 1.29 is 14.6 Å². The number of carbonyl (C=O) groups excluding carboxylic acids is 1. The molecule has 5 nitrogen and oxygen atoms in total. The quantitative estimate of drug-likeness (QED) is 0.624. The topological polar surface area (TPSA) is 75.8 Å². The summed E-state index contributed by atoms with van der Waals surface area (Å²) in [5, 5.41) is 9.15. The number of rotatable bonds is 2. The van der Waals surface area contributed by atoms with E-state index in [0.717, 1.165) is 12.8 Å². The van der Waals surface area contributed by atoms with Gasteiger partial charge in [-0.25, -0.2) is 0 Å². The second kappa shape index (κ2) is 4.08. The third-order valence-corrected chi connectivity index (χ3v) is 3.33. The lowest BCUT2D eigenvalue weighted by atomic mass is 9.98. The van der Waals surface area contributed by atoms with Crippen LogP contribution >= 0.6 is 0 Å². The molecule has 5 heteroatoms. The Balaban J connectivity index is 2.06. The minimum absolute atomic E-state index is 0.0304. The SMILES string of the molecule is NC1(C(=O)N2CCC[C@@H]2CO)CCOC1. The molecule has 1 amide bonds. The predicted octanol–water partition coefficient (Wildman–Crippen LogP) is -0.913. The van der Waals surface area contributed by atoms with Crippen LogP contribution in [-0.2, 0) is 9.53 Å². The first-order valence-corrected chi connectivity index (χ1v) is 5.46. The Morgan fingerprint density at radius 3 is 3.07 bits per heavy atom. The zero-order chi connectivity index (χ0) is 10.9. The maximum absolute atomic E-state index is 12.1. The second-order valence-electron chi connectivity index (χ2n) is 4.44. The Kier molecular flexibility index (Phi) is 2.95. The van der Waals surface area contributed by atoms with Gasteiger partial charge in [0.15, 0.2) is 0 Å². The summed E-state index contributed by atoms with van der Waals surface area (Å²) in [4.78, 5) is 13.9. The molecule has 1 unspecified atom stereocenters. The van der Waals surface area contributed by atoms with Crippen LogP contribution in [0.5, 0.6) is 0 Å². The highest BCUT2D eigenvalue weighted by atomic mass is 16.5. The molecule has 2 heterocycles. The van der Waals surface area contributed by atoms with Gasteiger partial charge >= 0.3 is 0 Å². The van der Waals surface area contributed by atoms with Gasteiger partial charge in [0, 0.05) is 13.2 Å². The highest BCUT2D eigenvalue weighted by molar-refractivity contribution is 5.87. The Morgan fingerprint density at radius 2 is 2.47 bits per heavy atom. The molecule has 2 aliphatic rings. The van der Waals surface area contributed by atoms with Crippen molar-refractivity contribution in [3.63, 3.8) is 0 Å². The van der Waals surface area contributed by atoms with Gasteiger partial charge < -0.3 is 20.5 Å². The molecule has 3 N–H and O–H groups in total. The van der Waals surface area contributed by atoms with Crippen molar-refractivity contribution in [3.8, 4) is 0 Å². The molecule has 15 heavy (non-hydrogen) atoms. The Bertz CT molecular complexity index is 251. The largest absolute Gasteiger partial charge is 0.394 e. The van der Waals surface area contributed by atoms with Gasteiger partial charge in [0.25, 0.3) is 0 Å². The lowest BCUT2D eigenvalue weighted by molar-refractivity contribution is -0.138. The van der Waals surface area contributed by atoms with Crippen LogP contribution in [0.4, 0.5) is 0 Å². The summed E-state index contributed by atoms with van der Waals surface area (Å²) in [7, 11) is 0. The smallest absolute Gasteiger partial charge is 0.245 e. The highest BCUT2D eigenvalue weighted by Crippen LogP contribution is 2.24. The van der Waals surface area contributed by atoms with Crippen molar-refractivity contribution in [2.45, 2.75) is 30.8 Å². The number of aliphatic hydroxyl groups excluding tert-OH is 1. The van der Waals surface area contributed by atoms with Crippen molar-refractivity contribution in [1.29, 1.82) is 0 Å². The minimum atomic E-state index is -0.849. The molecule has 0 aromatic carbocycles. The van der Waals surface area contributed by atoms with Crippen LogP contribution in [0, 0.1) is 0 Å². The number of hydrogen-bond acceptors (Lipinski definition) is 4. The van der Waals surface area contributed by atoms with E-state index in [1.807, 2.05) is 0 Å². The number of amides is 1. The summed E-state index contributed by atoms with van der Waals surface area (Å²) >= 11 is 0. The molecule has 0 spiro atoms. The van der Waals surface area contributed by atoms with Gasteiger partial charge in [0.1, 0.15) is 5.54 Å². The van der Waals surface area contributed by atoms with E-state index < -0.39 is 5.54 Å². The fourth-order valence-electron chi connectivity index (χ4n) is 2.33. The third kappa shape index (κ3) is 1.87. The van der Waals surface area contributed by atoms with Crippen LogP contribution in [0.25, 0.3) is 0 Å². The van der Waals surface area contributed by atoms with Crippen LogP contribution in [-0.4, -0.2) is 53.9 Å². The van der Waals surface area contributed by atoms with Crippen molar-refractivity contribution >= 4 is 5.91 Å². The lowest BCUT2D eigenvalue weighted by Gasteiger charge is -2.31. The van der Waals surface area contributed by atoms with E-state index in [1.165, 1.54) is 0 Å². The molecule has 0 bridgehead atoms. The summed E-state index contributed by atoms with van der Waals surface area (Å²) in [6, 6.07) is -0.0430. The molecular formula is C10H18N2O3. The average molecular weight is 214 g/mol. The number of hydrogen-bond donors (Lipinski definition) is 2. The molecular weight excluding hydrogens is 196 g/mol. The van der Waals surface area contributed by atoms with Crippen molar-refractivity contribution in [2.75, 3.05) is 26.4 Å². The number of nitrogens with two attached hydrogens (primary N) is 1. The molecule has 0 saturated carbocycles. The maximum atomic E-state index is 12.1. The molecule has 0 aromatic heterocycles. The lowest BCUT2D eigenvalue weighted by Crippen LogP contribution is -2.57. The first-order chi connectivity index (χ1) is 7.17. The molecule has 0 aliphatic carbocycles. The molecule has 2 saturated heterocycles. The first-order valence-electron chi connectivity index (χ1n) is 5.46. The molecule has 2 atom stereocenters. The molecule has 2 aliphatic heterocycles. The molecule has 0 radical (unpaired) electrons. The zero-order valence-electron chi connectivity index (χ0n) is 8.82. The summed E-state index contributed by atoms with van der Waals surface area (Å²) in [5.41, 5.74) is 5.15. The summed E-state index contributed by atoms with van der Waals surface area (Å²) in [6.45, 7) is 1.60. The van der Waals surface area contributed by atoms with E-state index >= 15 is 0 Å². The average Bonchev–Trinajstić information content (AvgIpc) is 2.85. The fraction of sp³-hybridized carbons (Fsp3) is 0.900. The van der Waals surface area contributed by atoms with Crippen LogP contribution in [0.1, 0.15) is 19.3 Å². The maximum Gasteiger partial charge on any atom is 0.245 e. The zero-order valence-corrected chi connectivity index (χ0v) is 8.82. The Morgan fingerprint density at radius 1 is 1.67 bits per heavy atom. The monoisotopic (exact) mass is 214 g/mol. The Hall–Kier alpha value is -0.650. The summed E-state index contributed by atoms with van der Waals surface area (Å²) in [6.07, 6.45) is 2.41. The van der Waals surface area contributed by atoms with Crippen LogP contribution in [0.3, 0.4) is 0 Å². The second-order valence-corrected chi connectivity index (χ2v) is 4.44. The Labute approximate surface area is 89.2 Å². The van der Waals surface area contributed by atoms with Crippen LogP contribution < -0.4 is 5.73 Å². The van der Waals surface area contributed by atoms with Gasteiger partial charge in [-0.2, -0.15) is 0 Å². The molecule has 86 valence electrons. The molecule has 2 rings (SSSR count). The van der Waals surface area contributed by atoms with E-state index in [0.29, 0.717) is 26.2 Å². The van der Waals surface area contributed by atoms with Gasteiger partial charge in [-0.3, -0.25) is 4.79 Å². The summed E-state index contributed by atoms with van der Waals surface area (Å²) in [5.74, 6) is -0.0587. The normalized spacial score (nSPS) is 36.1. The molecule has 2 fully saturated rings. The van der Waals surface area contributed by atoms with E-state index in [4.69, 9.17) is 15.6 Å². The number of carbonyl (C=O) groups is 1. The van der Waals surface area contributed by atoms with E-state index in [9.17, 15) is 4.79 Å². The minimum Gasteiger partial charge on any atom is -0.394 e. The highest BCUT2D eigenvalue weighted by Gasteiger charge is 2.43. The van der Waals surface area contributed by atoms with Crippen molar-refractivity contribution in [1.82, 2.24) is 4.90 Å². The first kappa shape index (κ1) is 10.9. The van der Waals surface area contributed by atoms with E-state index in [-0.39, 0.29) is 18.6 Å². The summed E-state index contributed by atoms with van der Waals surface area (Å²) < 4.78 is 5.17. The standard InChI is InChI=1S/C10H18N2O3/c11-10(3-5-15-7-10)9(14)12-4-1-2-8(12)6-13/h8,13H,1-7,11H2/t8-,10?/m1/s1. The van der Waals surface area contributed by atoms with Gasteiger partial charge in [-0.15, -0.1) is 0 Å². The van der Waals surface area contributed by atoms with E-state index in [2.05, 4.69) is 0 Å². The number of ether oxygens (including phenoxy) is 1. The van der Waals surface area contributed by atoms with Crippen molar-refractivity contribution in [3.05, 3.63) is 0 Å². The number of nitrogens with zero attached hydrogens (tertiary/aromatic N) is 1. The van der Waals surface area contributed by atoms with Crippen molar-refractivity contribution in [2.24, 2.45) is 5.73 Å². The number of likely N-dealkylation sites (tertiary alicyclic amines) is 1. The third-order valence-electron chi connectivity index (χ3n) is 3.33. The van der Waals surface area contributed by atoms with E-state index in [1.54, 1.807) is 4.90 Å².